The first-order valence-electron chi connectivity index (χ1n) is 9.98. The van der Waals surface area contributed by atoms with E-state index in [1.165, 1.54) is 12.1 Å². The smallest absolute Gasteiger partial charge is 0.343 e. The lowest BCUT2D eigenvalue weighted by Gasteiger charge is -2.42. The maximum absolute atomic E-state index is 12.9. The van der Waals surface area contributed by atoms with Crippen molar-refractivity contribution in [2.75, 3.05) is 26.2 Å². The average molecular weight is 382 g/mol. The van der Waals surface area contributed by atoms with E-state index in [1.54, 1.807) is 13.0 Å². The fraction of sp³-hybridized carbons (Fsp3) is 0.667. The van der Waals surface area contributed by atoms with Crippen molar-refractivity contribution in [3.63, 3.8) is 0 Å². The zero-order valence-electron chi connectivity index (χ0n) is 16.0. The van der Waals surface area contributed by atoms with Gasteiger partial charge in [0.1, 0.15) is 0 Å². The number of halogens is 3. The van der Waals surface area contributed by atoms with Crippen molar-refractivity contribution in [2.45, 2.75) is 57.7 Å². The number of piperidine rings is 2. The largest absolute Gasteiger partial charge is 0.416 e. The number of alkyl halides is 3. The Morgan fingerprint density at radius 1 is 1.15 bits per heavy atom. The number of likely N-dealkylation sites (tertiary alicyclic amines) is 2. The van der Waals surface area contributed by atoms with Crippen LogP contribution >= 0.6 is 0 Å². The Morgan fingerprint density at radius 2 is 1.89 bits per heavy atom. The highest BCUT2D eigenvalue weighted by Crippen LogP contribution is 2.31. The van der Waals surface area contributed by atoms with Crippen LogP contribution in [0.25, 0.3) is 0 Å². The number of nitrogens with zero attached hydrogens (tertiary/aromatic N) is 2. The first-order chi connectivity index (χ1) is 12.8. The van der Waals surface area contributed by atoms with Crippen LogP contribution in [0.2, 0.25) is 0 Å². The molecule has 1 amide bonds. The molecular weight excluding hydrogens is 353 g/mol. The second-order valence-electron chi connectivity index (χ2n) is 7.98. The topological polar surface area (TPSA) is 23.6 Å². The summed E-state index contributed by atoms with van der Waals surface area (Å²) < 4.78 is 38.6. The summed E-state index contributed by atoms with van der Waals surface area (Å²) in [5.74, 6) is 0.699. The van der Waals surface area contributed by atoms with E-state index >= 15 is 0 Å². The molecular formula is C21H29F3N2O. The molecule has 6 heteroatoms. The Kier molecular flexibility index (Phi) is 6.45. The van der Waals surface area contributed by atoms with Crippen molar-refractivity contribution >= 4 is 5.91 Å². The van der Waals surface area contributed by atoms with Crippen LogP contribution < -0.4 is 0 Å². The van der Waals surface area contributed by atoms with E-state index in [0.717, 1.165) is 69.9 Å². The molecule has 2 heterocycles. The number of carbonyl (C=O) groups excluding carboxylic acids is 1. The Labute approximate surface area is 159 Å². The van der Waals surface area contributed by atoms with Gasteiger partial charge in [-0.05, 0) is 62.6 Å². The monoisotopic (exact) mass is 382 g/mol. The van der Waals surface area contributed by atoms with Gasteiger partial charge in [-0.1, -0.05) is 18.2 Å². The summed E-state index contributed by atoms with van der Waals surface area (Å²) >= 11 is 0. The van der Waals surface area contributed by atoms with Gasteiger partial charge in [0, 0.05) is 32.6 Å². The fourth-order valence-corrected chi connectivity index (χ4v) is 4.48. The van der Waals surface area contributed by atoms with Crippen LogP contribution in [-0.2, 0) is 17.4 Å². The van der Waals surface area contributed by atoms with Gasteiger partial charge in [0.05, 0.1) is 5.56 Å². The molecule has 3 rings (SSSR count). The molecule has 0 aromatic heterocycles. The summed E-state index contributed by atoms with van der Waals surface area (Å²) in [4.78, 5) is 16.0. The molecule has 0 unspecified atom stereocenters. The Balaban J connectivity index is 1.50. The van der Waals surface area contributed by atoms with Crippen LogP contribution in [-0.4, -0.2) is 47.9 Å². The van der Waals surface area contributed by atoms with Crippen LogP contribution in [0.3, 0.4) is 0 Å². The molecule has 1 atom stereocenters. The van der Waals surface area contributed by atoms with Crippen molar-refractivity contribution in [2.24, 2.45) is 5.92 Å². The van der Waals surface area contributed by atoms with E-state index in [0.29, 0.717) is 18.4 Å². The second-order valence-corrected chi connectivity index (χ2v) is 7.98. The third-order valence-electron chi connectivity index (χ3n) is 6.07. The number of rotatable bonds is 4. The van der Waals surface area contributed by atoms with E-state index in [4.69, 9.17) is 0 Å². The van der Waals surface area contributed by atoms with Crippen LogP contribution in [0, 0.1) is 5.92 Å². The first kappa shape index (κ1) is 20.2. The molecule has 150 valence electrons. The normalized spacial score (nSPS) is 22.8. The van der Waals surface area contributed by atoms with Crippen LogP contribution in [0.1, 0.15) is 50.2 Å². The van der Waals surface area contributed by atoms with Gasteiger partial charge in [0.25, 0.3) is 0 Å². The van der Waals surface area contributed by atoms with Gasteiger partial charge in [-0.2, -0.15) is 13.2 Å². The third kappa shape index (κ3) is 5.47. The van der Waals surface area contributed by atoms with Gasteiger partial charge >= 0.3 is 6.18 Å². The third-order valence-corrected chi connectivity index (χ3v) is 6.07. The molecule has 2 saturated heterocycles. The van der Waals surface area contributed by atoms with E-state index in [1.807, 2.05) is 4.90 Å². The van der Waals surface area contributed by atoms with Crippen LogP contribution in [0.4, 0.5) is 13.2 Å². The molecule has 0 saturated carbocycles. The van der Waals surface area contributed by atoms with Crippen LogP contribution in [0.15, 0.2) is 24.3 Å². The fourth-order valence-electron chi connectivity index (χ4n) is 4.48. The summed E-state index contributed by atoms with van der Waals surface area (Å²) in [5.41, 5.74) is 0.221. The predicted octanol–water partition coefficient (Wildman–Crippen LogP) is 4.36. The van der Waals surface area contributed by atoms with Crippen molar-refractivity contribution in [1.82, 2.24) is 9.80 Å². The van der Waals surface area contributed by atoms with Gasteiger partial charge in [-0.25, -0.2) is 0 Å². The van der Waals surface area contributed by atoms with E-state index in [-0.39, 0.29) is 5.91 Å². The molecule has 2 fully saturated rings. The van der Waals surface area contributed by atoms with E-state index in [9.17, 15) is 18.0 Å². The maximum atomic E-state index is 12.9. The lowest BCUT2D eigenvalue weighted by atomic mass is 9.89. The minimum absolute atomic E-state index is 0.158. The molecule has 0 radical (unpaired) electrons. The second kappa shape index (κ2) is 8.63. The average Bonchev–Trinajstić information content (AvgIpc) is 2.66. The van der Waals surface area contributed by atoms with Gasteiger partial charge in [-0.15, -0.1) is 0 Å². The number of amides is 1. The highest BCUT2D eigenvalue weighted by atomic mass is 19.4. The van der Waals surface area contributed by atoms with Crippen molar-refractivity contribution in [1.29, 1.82) is 0 Å². The summed E-state index contributed by atoms with van der Waals surface area (Å²) in [6, 6.07) is 6.27. The van der Waals surface area contributed by atoms with Crippen molar-refractivity contribution in [3.05, 3.63) is 35.4 Å². The molecule has 27 heavy (non-hydrogen) atoms. The minimum atomic E-state index is -4.27. The molecule has 0 aliphatic carbocycles. The highest BCUT2D eigenvalue weighted by molar-refractivity contribution is 5.73. The van der Waals surface area contributed by atoms with Gasteiger partial charge in [0.15, 0.2) is 0 Å². The zero-order chi connectivity index (χ0) is 19.4. The molecule has 1 aromatic carbocycles. The number of carbonyl (C=O) groups is 1. The summed E-state index contributed by atoms with van der Waals surface area (Å²) in [6.07, 6.45) is 1.73. The summed E-state index contributed by atoms with van der Waals surface area (Å²) in [5, 5.41) is 0. The number of hydrogen-bond donors (Lipinski definition) is 0. The molecule has 0 N–H and O–H groups in total. The molecule has 3 nitrogen and oxygen atoms in total. The standard InChI is InChI=1S/C21H29F3N2O/c1-16(27)25-12-9-20(10-13-25)26-11-3-5-18(15-26)8-7-17-4-2-6-19(14-17)21(22,23)24/h2,4,6,14,18,20H,3,5,7-13,15H2,1H3/t18-/m0/s1. The number of benzene rings is 1. The Bertz CT molecular complexity index is 639. The lowest BCUT2D eigenvalue weighted by molar-refractivity contribution is -0.137. The number of aryl methyl sites for hydroxylation is 1. The lowest BCUT2D eigenvalue weighted by Crippen LogP contribution is -2.49. The molecule has 2 aliphatic heterocycles. The quantitative estimate of drug-likeness (QED) is 0.772. The van der Waals surface area contributed by atoms with Gasteiger partial charge < -0.3 is 4.90 Å². The summed E-state index contributed by atoms with van der Waals surface area (Å²) in [6.45, 7) is 5.44. The molecule has 1 aromatic rings. The Morgan fingerprint density at radius 3 is 2.56 bits per heavy atom. The maximum Gasteiger partial charge on any atom is 0.416 e. The number of hydrogen-bond acceptors (Lipinski definition) is 2. The van der Waals surface area contributed by atoms with E-state index in [2.05, 4.69) is 4.90 Å². The van der Waals surface area contributed by atoms with E-state index < -0.39 is 11.7 Å². The molecule has 2 aliphatic rings. The van der Waals surface area contributed by atoms with Crippen molar-refractivity contribution in [3.8, 4) is 0 Å². The van der Waals surface area contributed by atoms with Gasteiger partial charge in [0.2, 0.25) is 5.91 Å². The van der Waals surface area contributed by atoms with Crippen molar-refractivity contribution < 1.29 is 18.0 Å². The molecule has 0 spiro atoms. The minimum Gasteiger partial charge on any atom is -0.343 e. The van der Waals surface area contributed by atoms with Gasteiger partial charge in [-0.3, -0.25) is 9.69 Å². The first-order valence-corrected chi connectivity index (χ1v) is 9.98. The highest BCUT2D eigenvalue weighted by Gasteiger charge is 2.31. The Hall–Kier alpha value is -1.56. The summed E-state index contributed by atoms with van der Waals surface area (Å²) in [7, 11) is 0. The zero-order valence-corrected chi connectivity index (χ0v) is 16.0. The SMILES string of the molecule is CC(=O)N1CCC(N2CCC[C@@H](CCc3cccc(C(F)(F)F)c3)C2)CC1. The van der Waals surface area contributed by atoms with Crippen LogP contribution in [0.5, 0.6) is 0 Å². The molecule has 0 bridgehead atoms. The predicted molar refractivity (Wildman–Crippen MR) is 99.3 cm³/mol.